The molecule has 148 valence electrons. The van der Waals surface area contributed by atoms with Crippen molar-refractivity contribution in [1.29, 1.82) is 0 Å². The Morgan fingerprint density at radius 1 is 1.26 bits per heavy atom. The van der Waals surface area contributed by atoms with Gasteiger partial charge in [0.25, 0.3) is 10.0 Å². The third-order valence-electron chi connectivity index (χ3n) is 3.86. The minimum absolute atomic E-state index is 0.0883. The van der Waals surface area contributed by atoms with Gasteiger partial charge in [-0.05, 0) is 37.3 Å². The molecule has 2 aromatic rings. The lowest BCUT2D eigenvalue weighted by Crippen LogP contribution is -2.39. The molecule has 0 radical (unpaired) electrons. The van der Waals surface area contributed by atoms with E-state index in [-0.39, 0.29) is 10.8 Å². The van der Waals surface area contributed by atoms with Crippen molar-refractivity contribution < 1.29 is 22.7 Å². The van der Waals surface area contributed by atoms with E-state index in [1.807, 2.05) is 0 Å². The van der Waals surface area contributed by atoms with Gasteiger partial charge in [-0.15, -0.1) is 11.3 Å². The summed E-state index contributed by atoms with van der Waals surface area (Å²) in [7, 11) is 0.653. The van der Waals surface area contributed by atoms with E-state index in [1.54, 1.807) is 32.2 Å². The second-order valence-corrected chi connectivity index (χ2v) is 9.70. The second kappa shape index (κ2) is 8.92. The third kappa shape index (κ3) is 5.13. The van der Waals surface area contributed by atoms with Crippen LogP contribution in [0.1, 0.15) is 18.5 Å². The molecule has 0 aliphatic carbocycles. The summed E-state index contributed by atoms with van der Waals surface area (Å²) in [5.74, 6) is 0.778. The molecule has 0 saturated carbocycles. The number of thiophene rings is 1. The number of hydrogen-bond donors (Lipinski definition) is 1. The van der Waals surface area contributed by atoms with Gasteiger partial charge in [-0.3, -0.25) is 4.79 Å². The Morgan fingerprint density at radius 3 is 2.52 bits per heavy atom. The largest absolute Gasteiger partial charge is 0.497 e. The van der Waals surface area contributed by atoms with Gasteiger partial charge in [-0.25, -0.2) is 8.42 Å². The van der Waals surface area contributed by atoms with Crippen LogP contribution in [0.15, 0.2) is 34.5 Å². The molecule has 0 aliphatic heterocycles. The molecule has 0 fully saturated rings. The number of benzene rings is 1. The Kier molecular flexibility index (Phi) is 7.10. The van der Waals surface area contributed by atoms with Crippen molar-refractivity contribution in [3.05, 3.63) is 40.2 Å². The fourth-order valence-electron chi connectivity index (χ4n) is 2.42. The molecule has 0 aliphatic rings. The zero-order chi connectivity index (χ0) is 20.2. The number of hydrogen-bond acceptors (Lipinski definition) is 6. The van der Waals surface area contributed by atoms with E-state index in [0.717, 1.165) is 21.2 Å². The Bertz CT molecular complexity index is 914. The van der Waals surface area contributed by atoms with Crippen molar-refractivity contribution in [2.75, 3.05) is 27.8 Å². The maximum atomic E-state index is 12.5. The van der Waals surface area contributed by atoms with E-state index in [2.05, 4.69) is 5.32 Å². The number of methoxy groups -OCH3 is 2. The van der Waals surface area contributed by atoms with Gasteiger partial charge >= 0.3 is 0 Å². The average molecular weight is 433 g/mol. The Balaban J connectivity index is 2.09. The van der Waals surface area contributed by atoms with E-state index in [4.69, 9.17) is 21.1 Å². The van der Waals surface area contributed by atoms with Gasteiger partial charge in [0.2, 0.25) is 5.91 Å². The van der Waals surface area contributed by atoms with E-state index in [0.29, 0.717) is 15.8 Å². The summed E-state index contributed by atoms with van der Waals surface area (Å²) in [6.45, 7) is 1.46. The lowest BCUT2D eigenvalue weighted by atomic mass is 10.1. The van der Waals surface area contributed by atoms with E-state index in [1.165, 1.54) is 26.3 Å². The molecular formula is C17H21ClN2O5S2. The van der Waals surface area contributed by atoms with Crippen LogP contribution in [-0.2, 0) is 14.8 Å². The van der Waals surface area contributed by atoms with Gasteiger partial charge in [0, 0.05) is 12.6 Å². The first-order valence-corrected chi connectivity index (χ1v) is 10.6. The molecule has 7 nitrogen and oxygen atoms in total. The van der Waals surface area contributed by atoms with Gasteiger partial charge in [0.1, 0.15) is 15.7 Å². The molecular weight excluding hydrogens is 412 g/mol. The van der Waals surface area contributed by atoms with Crippen LogP contribution in [0.25, 0.3) is 0 Å². The minimum atomic E-state index is -3.78. The summed E-state index contributed by atoms with van der Waals surface area (Å²) in [6.07, 6.45) is 0. The number of sulfonamides is 1. The zero-order valence-corrected chi connectivity index (χ0v) is 17.7. The van der Waals surface area contributed by atoms with Crippen molar-refractivity contribution >= 4 is 38.9 Å². The number of amides is 1. The minimum Gasteiger partial charge on any atom is -0.497 e. The summed E-state index contributed by atoms with van der Waals surface area (Å²) in [5, 5.41) is 2.78. The maximum Gasteiger partial charge on any atom is 0.252 e. The number of nitrogens with zero attached hydrogens (tertiary/aromatic N) is 1. The number of carbonyl (C=O) groups excluding carboxylic acids is 1. The Morgan fingerprint density at radius 2 is 1.96 bits per heavy atom. The molecule has 2 rings (SSSR count). The van der Waals surface area contributed by atoms with Crippen LogP contribution in [0, 0.1) is 0 Å². The van der Waals surface area contributed by atoms with E-state index < -0.39 is 22.0 Å². The number of nitrogens with one attached hydrogen (secondary N) is 1. The van der Waals surface area contributed by atoms with E-state index in [9.17, 15) is 13.2 Å². The second-order valence-electron chi connectivity index (χ2n) is 5.72. The molecule has 1 N–H and O–H groups in total. The highest BCUT2D eigenvalue weighted by molar-refractivity contribution is 7.91. The summed E-state index contributed by atoms with van der Waals surface area (Å²) in [4.78, 5) is 12.4. The lowest BCUT2D eigenvalue weighted by molar-refractivity contribution is -0.121. The molecule has 0 spiro atoms. The highest BCUT2D eigenvalue weighted by Gasteiger charge is 2.25. The van der Waals surface area contributed by atoms with Crippen LogP contribution < -0.4 is 14.8 Å². The zero-order valence-electron chi connectivity index (χ0n) is 15.4. The maximum absolute atomic E-state index is 12.5. The number of rotatable bonds is 8. The standard InChI is InChI=1S/C17H21ClN2O5S2/c1-11(13-9-12(24-3)5-6-14(13)25-4)19-16(21)10-20(2)27(22,23)17-8-7-15(18)26-17/h5-9,11H,10H2,1-4H3,(H,19,21)/t11-/m1/s1. The molecule has 0 saturated heterocycles. The summed E-state index contributed by atoms with van der Waals surface area (Å²) >= 11 is 6.74. The van der Waals surface area contributed by atoms with Gasteiger partial charge in [-0.1, -0.05) is 11.6 Å². The van der Waals surface area contributed by atoms with Crippen LogP contribution in [0.5, 0.6) is 11.5 Å². The molecule has 1 atom stereocenters. The van der Waals surface area contributed by atoms with Gasteiger partial charge < -0.3 is 14.8 Å². The van der Waals surface area contributed by atoms with Crippen molar-refractivity contribution in [2.24, 2.45) is 0 Å². The van der Waals surface area contributed by atoms with Crippen LogP contribution >= 0.6 is 22.9 Å². The molecule has 0 bridgehead atoms. The number of carbonyl (C=O) groups is 1. The average Bonchev–Trinajstić information content (AvgIpc) is 3.08. The van der Waals surface area contributed by atoms with Crippen LogP contribution in [0.4, 0.5) is 0 Å². The molecule has 1 heterocycles. The van der Waals surface area contributed by atoms with Crippen LogP contribution in [0.2, 0.25) is 4.34 Å². The highest BCUT2D eigenvalue weighted by Crippen LogP contribution is 2.30. The Labute approximate surface area is 167 Å². The van der Waals surface area contributed by atoms with Crippen molar-refractivity contribution in [2.45, 2.75) is 17.2 Å². The predicted octanol–water partition coefficient (Wildman–Crippen LogP) is 2.92. The monoisotopic (exact) mass is 432 g/mol. The summed E-state index contributed by atoms with van der Waals surface area (Å²) in [6, 6.07) is 7.77. The molecule has 0 unspecified atom stereocenters. The van der Waals surface area contributed by atoms with Crippen LogP contribution in [0.3, 0.4) is 0 Å². The normalized spacial score (nSPS) is 12.7. The summed E-state index contributed by atoms with van der Waals surface area (Å²) in [5.41, 5.74) is 0.723. The number of halogens is 1. The first-order chi connectivity index (χ1) is 12.7. The molecule has 27 heavy (non-hydrogen) atoms. The van der Waals surface area contributed by atoms with E-state index >= 15 is 0 Å². The van der Waals surface area contributed by atoms with Gasteiger partial charge in [0.05, 0.1) is 31.1 Å². The molecule has 1 aromatic heterocycles. The lowest BCUT2D eigenvalue weighted by Gasteiger charge is -2.20. The Hall–Kier alpha value is -1.81. The highest BCUT2D eigenvalue weighted by atomic mass is 35.5. The first kappa shape index (κ1) is 21.5. The smallest absolute Gasteiger partial charge is 0.252 e. The predicted molar refractivity (Wildman–Crippen MR) is 105 cm³/mol. The fourth-order valence-corrected chi connectivity index (χ4v) is 5.24. The number of likely N-dealkylation sites (N-methyl/N-ethyl adjacent to an activating group) is 1. The number of ether oxygens (including phenoxy) is 2. The van der Waals surface area contributed by atoms with Crippen molar-refractivity contribution in [3.8, 4) is 11.5 Å². The molecule has 10 heteroatoms. The third-order valence-corrected chi connectivity index (χ3v) is 7.36. The van der Waals surface area contributed by atoms with Gasteiger partial charge in [-0.2, -0.15) is 4.31 Å². The first-order valence-electron chi connectivity index (χ1n) is 7.92. The quantitative estimate of drug-likeness (QED) is 0.693. The van der Waals surface area contributed by atoms with Crippen LogP contribution in [-0.4, -0.2) is 46.4 Å². The topological polar surface area (TPSA) is 84.9 Å². The fraction of sp³-hybridized carbons (Fsp3) is 0.353. The summed E-state index contributed by atoms with van der Waals surface area (Å²) < 4.78 is 36.9. The molecule has 1 aromatic carbocycles. The van der Waals surface area contributed by atoms with Crippen molar-refractivity contribution in [3.63, 3.8) is 0 Å². The van der Waals surface area contributed by atoms with Gasteiger partial charge in [0.15, 0.2) is 0 Å². The molecule has 1 amide bonds. The SMILES string of the molecule is COc1ccc(OC)c([C@@H](C)NC(=O)CN(C)S(=O)(=O)c2ccc(Cl)s2)c1. The van der Waals surface area contributed by atoms with Crippen molar-refractivity contribution in [1.82, 2.24) is 9.62 Å².